The third-order valence-electron chi connectivity index (χ3n) is 3.59. The van der Waals surface area contributed by atoms with Gasteiger partial charge in [-0.3, -0.25) is 4.79 Å². The Hall–Kier alpha value is -2.81. The van der Waals surface area contributed by atoms with E-state index in [1.54, 1.807) is 0 Å². The molecule has 0 aliphatic heterocycles. The van der Waals surface area contributed by atoms with Crippen LogP contribution in [-0.4, -0.2) is 25.8 Å². The Labute approximate surface area is 138 Å². The van der Waals surface area contributed by atoms with Gasteiger partial charge in [-0.25, -0.2) is 14.4 Å². The van der Waals surface area contributed by atoms with Crippen LogP contribution in [0, 0.1) is 5.82 Å². The highest BCUT2D eigenvalue weighted by molar-refractivity contribution is 6.06. The Morgan fingerprint density at radius 2 is 2.00 bits per heavy atom. The molecule has 9 heteroatoms. The molecule has 0 saturated heterocycles. The number of aliphatic hydroxyl groups is 1. The van der Waals surface area contributed by atoms with E-state index in [-0.39, 0.29) is 41.1 Å². The number of aromatic amines is 1. The number of benzene rings is 1. The molecule has 3 rings (SSSR count). The average Bonchev–Trinajstić information content (AvgIpc) is 2.98. The molecule has 0 radical (unpaired) electrons. The first-order valence-electron chi connectivity index (χ1n) is 7.13. The Morgan fingerprint density at radius 3 is 2.68 bits per heavy atom. The van der Waals surface area contributed by atoms with Crippen molar-refractivity contribution in [3.63, 3.8) is 0 Å². The molecule has 25 heavy (non-hydrogen) atoms. The third kappa shape index (κ3) is 3.36. The van der Waals surface area contributed by atoms with Crippen molar-refractivity contribution in [3.05, 3.63) is 58.8 Å². The van der Waals surface area contributed by atoms with Gasteiger partial charge in [0.1, 0.15) is 18.2 Å². The van der Waals surface area contributed by atoms with Crippen molar-refractivity contribution >= 4 is 16.9 Å². The lowest BCUT2D eigenvalue weighted by atomic mass is 10.0. The fourth-order valence-electron chi connectivity index (χ4n) is 2.45. The topological polar surface area (TPSA) is 78.9 Å². The second kappa shape index (κ2) is 6.25. The quantitative estimate of drug-likeness (QED) is 0.558. The molecule has 0 spiro atoms. The predicted molar refractivity (Wildman–Crippen MR) is 79.2 cm³/mol. The van der Waals surface area contributed by atoms with E-state index in [1.807, 2.05) is 0 Å². The number of hydrogen-bond donors (Lipinski definition) is 2. The molecular formula is C16H11F4N3O2. The van der Waals surface area contributed by atoms with Crippen LogP contribution in [0.2, 0.25) is 0 Å². The summed E-state index contributed by atoms with van der Waals surface area (Å²) in [6.07, 6.45) is -3.86. The minimum absolute atomic E-state index is 0.0329. The van der Waals surface area contributed by atoms with E-state index in [9.17, 15) is 22.4 Å². The van der Waals surface area contributed by atoms with Crippen LogP contribution in [0.3, 0.4) is 0 Å². The number of halogens is 4. The number of pyridine rings is 1. The summed E-state index contributed by atoms with van der Waals surface area (Å²) in [5.74, 6) is -1.67. The fraction of sp³-hybridized carbons (Fsp3) is 0.188. The maximum absolute atomic E-state index is 13.3. The number of nitrogens with zero attached hydrogens (tertiary/aromatic N) is 2. The van der Waals surface area contributed by atoms with Crippen molar-refractivity contribution in [2.45, 2.75) is 19.2 Å². The number of fused-ring (bicyclic) bond motifs is 1. The zero-order chi connectivity index (χ0) is 18.2. The summed E-state index contributed by atoms with van der Waals surface area (Å²) in [6.45, 7) is -0.378. The van der Waals surface area contributed by atoms with Crippen LogP contribution < -0.4 is 0 Å². The smallest absolute Gasteiger partial charge is 0.388 e. The Kier molecular flexibility index (Phi) is 4.25. The largest absolute Gasteiger partial charge is 0.419 e. The number of hydrogen-bond acceptors (Lipinski definition) is 4. The van der Waals surface area contributed by atoms with E-state index in [0.717, 1.165) is 6.07 Å². The SMILES string of the molecule is O=C(Cc1ccc(F)c(C(F)(F)F)c1)c1ccnc2nc(CO)[nH]c12. The van der Waals surface area contributed by atoms with Gasteiger partial charge in [-0.05, 0) is 23.8 Å². The average molecular weight is 353 g/mol. The van der Waals surface area contributed by atoms with Crippen LogP contribution in [0.5, 0.6) is 0 Å². The van der Waals surface area contributed by atoms with Crippen LogP contribution in [-0.2, 0) is 19.2 Å². The van der Waals surface area contributed by atoms with Gasteiger partial charge in [-0.15, -0.1) is 0 Å². The first kappa shape index (κ1) is 17.0. The van der Waals surface area contributed by atoms with Crippen molar-refractivity contribution < 1.29 is 27.5 Å². The standard InChI is InChI=1S/C16H11F4N3O2/c17-11-2-1-8(5-10(11)16(18,19)20)6-12(25)9-3-4-21-15-14(9)22-13(7-24)23-15/h1-5,24H,6-7H2,(H,21,22,23). The van der Waals surface area contributed by atoms with Gasteiger partial charge in [0.25, 0.3) is 0 Å². The lowest BCUT2D eigenvalue weighted by molar-refractivity contribution is -0.140. The van der Waals surface area contributed by atoms with Gasteiger partial charge < -0.3 is 10.1 Å². The van der Waals surface area contributed by atoms with E-state index in [0.29, 0.717) is 12.1 Å². The molecule has 2 aromatic heterocycles. The summed E-state index contributed by atoms with van der Waals surface area (Å²) in [5, 5.41) is 9.09. The maximum Gasteiger partial charge on any atom is 0.419 e. The summed E-state index contributed by atoms with van der Waals surface area (Å²) >= 11 is 0. The van der Waals surface area contributed by atoms with Crippen molar-refractivity contribution in [3.8, 4) is 0 Å². The van der Waals surface area contributed by atoms with E-state index in [2.05, 4.69) is 15.0 Å². The molecule has 0 fully saturated rings. The molecule has 2 N–H and O–H groups in total. The highest BCUT2D eigenvalue weighted by Crippen LogP contribution is 2.32. The van der Waals surface area contributed by atoms with Gasteiger partial charge >= 0.3 is 6.18 Å². The minimum atomic E-state index is -4.84. The fourth-order valence-corrected chi connectivity index (χ4v) is 2.45. The number of ketones is 1. The van der Waals surface area contributed by atoms with E-state index >= 15 is 0 Å². The summed E-state index contributed by atoms with van der Waals surface area (Å²) in [4.78, 5) is 23.1. The number of nitrogens with one attached hydrogen (secondary N) is 1. The molecule has 1 aromatic carbocycles. The molecule has 0 saturated carbocycles. The summed E-state index contributed by atoms with van der Waals surface area (Å²) in [7, 11) is 0. The third-order valence-corrected chi connectivity index (χ3v) is 3.59. The zero-order valence-electron chi connectivity index (χ0n) is 12.6. The molecule has 0 aliphatic carbocycles. The van der Waals surface area contributed by atoms with Crippen LogP contribution in [0.15, 0.2) is 30.5 Å². The van der Waals surface area contributed by atoms with Gasteiger partial charge in [0.05, 0.1) is 11.1 Å². The van der Waals surface area contributed by atoms with Crippen LogP contribution in [0.25, 0.3) is 11.2 Å². The van der Waals surface area contributed by atoms with Gasteiger partial charge in [0, 0.05) is 18.2 Å². The predicted octanol–water partition coefficient (Wildman–Crippen LogP) is 3.03. The normalized spacial score (nSPS) is 11.9. The molecule has 0 amide bonds. The van der Waals surface area contributed by atoms with E-state index in [1.165, 1.54) is 12.3 Å². The number of imidazole rings is 1. The van der Waals surface area contributed by atoms with Crippen molar-refractivity contribution in [2.24, 2.45) is 0 Å². The number of alkyl halides is 3. The summed E-state index contributed by atoms with van der Waals surface area (Å²) in [6, 6.07) is 3.84. The molecule has 0 bridgehead atoms. The number of rotatable bonds is 4. The highest BCUT2D eigenvalue weighted by Gasteiger charge is 2.34. The molecule has 3 aromatic rings. The molecule has 5 nitrogen and oxygen atoms in total. The van der Waals surface area contributed by atoms with Gasteiger partial charge in [-0.2, -0.15) is 13.2 Å². The summed E-state index contributed by atoms with van der Waals surface area (Å²) < 4.78 is 51.6. The second-order valence-electron chi connectivity index (χ2n) is 5.31. The van der Waals surface area contributed by atoms with Crippen LogP contribution in [0.4, 0.5) is 17.6 Å². The van der Waals surface area contributed by atoms with Crippen molar-refractivity contribution in [1.29, 1.82) is 0 Å². The van der Waals surface area contributed by atoms with Gasteiger partial charge in [0.2, 0.25) is 0 Å². The van der Waals surface area contributed by atoms with Crippen molar-refractivity contribution in [1.82, 2.24) is 15.0 Å². The number of aliphatic hydroxyl groups excluding tert-OH is 1. The maximum atomic E-state index is 13.3. The highest BCUT2D eigenvalue weighted by atomic mass is 19.4. The minimum Gasteiger partial charge on any atom is -0.388 e. The molecular weight excluding hydrogens is 342 g/mol. The molecule has 0 aliphatic rings. The Balaban J connectivity index is 1.94. The zero-order valence-corrected chi connectivity index (χ0v) is 12.6. The first-order chi connectivity index (χ1) is 11.8. The van der Waals surface area contributed by atoms with Crippen LogP contribution >= 0.6 is 0 Å². The Morgan fingerprint density at radius 1 is 1.24 bits per heavy atom. The molecule has 0 atom stereocenters. The first-order valence-corrected chi connectivity index (χ1v) is 7.13. The molecule has 130 valence electrons. The summed E-state index contributed by atoms with van der Waals surface area (Å²) in [5.41, 5.74) is -0.706. The number of carbonyl (C=O) groups is 1. The second-order valence-corrected chi connectivity index (χ2v) is 5.31. The molecule has 0 unspecified atom stereocenters. The van der Waals surface area contributed by atoms with Crippen LogP contribution in [0.1, 0.15) is 27.3 Å². The van der Waals surface area contributed by atoms with Crippen molar-refractivity contribution in [2.75, 3.05) is 0 Å². The lowest BCUT2D eigenvalue weighted by Crippen LogP contribution is -2.11. The van der Waals surface area contributed by atoms with Gasteiger partial charge in [0.15, 0.2) is 11.4 Å². The monoisotopic (exact) mass is 353 g/mol. The lowest BCUT2D eigenvalue weighted by Gasteiger charge is -2.10. The Bertz CT molecular complexity index is 950. The number of H-pyrrole nitrogens is 1. The number of carbonyl (C=O) groups excluding carboxylic acids is 1. The van der Waals surface area contributed by atoms with E-state index in [4.69, 9.17) is 5.11 Å². The van der Waals surface area contributed by atoms with Gasteiger partial charge in [-0.1, -0.05) is 6.07 Å². The number of Topliss-reactive ketones (excluding diaryl/α,β-unsaturated/α-hetero) is 1. The molecule has 2 heterocycles. The van der Waals surface area contributed by atoms with E-state index < -0.39 is 23.3 Å². The number of aromatic nitrogens is 3.